The fourth-order valence-corrected chi connectivity index (χ4v) is 4.14. The van der Waals surface area contributed by atoms with Gasteiger partial charge in [0.25, 0.3) is 0 Å². The zero-order chi connectivity index (χ0) is 16.4. The topological polar surface area (TPSA) is 49.9 Å². The van der Waals surface area contributed by atoms with Crippen LogP contribution in [0.3, 0.4) is 0 Å². The molecule has 3 rings (SSSR count). The summed E-state index contributed by atoms with van der Waals surface area (Å²) in [5.74, 6) is 0.279. The normalized spacial score (nSPS) is 24.6. The highest BCUT2D eigenvalue weighted by molar-refractivity contribution is 8.08. The zero-order valence-electron chi connectivity index (χ0n) is 13.3. The van der Waals surface area contributed by atoms with Gasteiger partial charge < -0.3 is 9.64 Å². The van der Waals surface area contributed by atoms with Crippen LogP contribution in [-0.4, -0.2) is 60.8 Å². The lowest BCUT2D eigenvalue weighted by Crippen LogP contribution is -2.47. The van der Waals surface area contributed by atoms with Crippen molar-refractivity contribution in [3.8, 4) is 0 Å². The van der Waals surface area contributed by atoms with E-state index in [1.807, 2.05) is 37.2 Å². The number of ether oxygens (including phenoxy) is 1. The van der Waals surface area contributed by atoms with E-state index in [9.17, 15) is 9.59 Å². The van der Waals surface area contributed by atoms with E-state index in [0.717, 1.165) is 5.56 Å². The number of rotatable bonds is 3. The summed E-state index contributed by atoms with van der Waals surface area (Å²) in [6.07, 6.45) is 1.61. The molecule has 2 heterocycles. The fraction of sp³-hybridized carbons (Fsp3) is 0.412. The summed E-state index contributed by atoms with van der Waals surface area (Å²) >= 11 is 1.67. The Labute approximate surface area is 140 Å². The number of hydrogen-bond acceptors (Lipinski definition) is 5. The largest absolute Gasteiger partial charge is 0.447 e. The molecule has 2 atom stereocenters. The van der Waals surface area contributed by atoms with Crippen molar-refractivity contribution in [2.24, 2.45) is 5.92 Å². The molecule has 2 amide bonds. The highest BCUT2D eigenvalue weighted by atomic mass is 32.2. The third kappa shape index (κ3) is 3.28. The number of benzene rings is 1. The van der Waals surface area contributed by atoms with Gasteiger partial charge in [-0.3, -0.25) is 4.79 Å². The molecule has 0 N–H and O–H groups in total. The maximum Gasteiger partial charge on any atom is 0.416 e. The maximum absolute atomic E-state index is 12.7. The predicted molar refractivity (Wildman–Crippen MR) is 90.9 cm³/mol. The van der Waals surface area contributed by atoms with Gasteiger partial charge in [0.05, 0.1) is 12.5 Å². The molecule has 122 valence electrons. The molecule has 0 unspecified atom stereocenters. The van der Waals surface area contributed by atoms with Crippen molar-refractivity contribution < 1.29 is 14.3 Å². The number of carbonyl (C=O) groups excluding carboxylic acids is 2. The second-order valence-electron chi connectivity index (χ2n) is 5.87. The van der Waals surface area contributed by atoms with Crippen molar-refractivity contribution in [1.29, 1.82) is 0 Å². The lowest BCUT2D eigenvalue weighted by atomic mass is 9.97. The Morgan fingerprint density at radius 2 is 2.04 bits per heavy atom. The first-order valence-corrected chi connectivity index (χ1v) is 8.61. The van der Waals surface area contributed by atoms with Gasteiger partial charge in [-0.2, -0.15) is 0 Å². The molecule has 0 spiro atoms. The van der Waals surface area contributed by atoms with Gasteiger partial charge in [0, 0.05) is 16.7 Å². The summed E-state index contributed by atoms with van der Waals surface area (Å²) in [7, 11) is 3.92. The second-order valence-corrected chi connectivity index (χ2v) is 6.93. The number of hydrogen-bond donors (Lipinski definition) is 0. The average molecular weight is 332 g/mol. The quantitative estimate of drug-likeness (QED) is 0.850. The van der Waals surface area contributed by atoms with Crippen molar-refractivity contribution in [1.82, 2.24) is 9.80 Å². The van der Waals surface area contributed by atoms with Crippen LogP contribution in [0.2, 0.25) is 0 Å². The highest BCUT2D eigenvalue weighted by Crippen LogP contribution is 2.37. The van der Waals surface area contributed by atoms with Crippen molar-refractivity contribution in [3.63, 3.8) is 0 Å². The monoisotopic (exact) mass is 332 g/mol. The third-order valence-electron chi connectivity index (χ3n) is 4.15. The molecule has 23 heavy (non-hydrogen) atoms. The van der Waals surface area contributed by atoms with E-state index >= 15 is 0 Å². The minimum absolute atomic E-state index is 0.0349. The first-order valence-electron chi connectivity index (χ1n) is 7.62. The third-order valence-corrected chi connectivity index (χ3v) is 5.36. The highest BCUT2D eigenvalue weighted by Gasteiger charge is 2.39. The summed E-state index contributed by atoms with van der Waals surface area (Å²) in [5, 5.41) is 0. The Morgan fingerprint density at radius 3 is 2.65 bits per heavy atom. The summed E-state index contributed by atoms with van der Waals surface area (Å²) in [6, 6.07) is 10.1. The van der Waals surface area contributed by atoms with Crippen LogP contribution in [-0.2, 0) is 9.53 Å². The lowest BCUT2D eigenvalue weighted by molar-refractivity contribution is -0.132. The Bertz CT molecular complexity index is 630. The first kappa shape index (κ1) is 16.1. The summed E-state index contributed by atoms with van der Waals surface area (Å²) in [5.41, 5.74) is 1.16. The Hall–Kier alpha value is -1.79. The van der Waals surface area contributed by atoms with Gasteiger partial charge in [-0.05, 0) is 19.7 Å². The second kappa shape index (κ2) is 6.76. The molecule has 2 aliphatic rings. The van der Waals surface area contributed by atoms with E-state index in [4.69, 9.17) is 4.74 Å². The molecule has 1 aromatic carbocycles. The Morgan fingerprint density at radius 1 is 1.30 bits per heavy atom. The molecule has 0 saturated carbocycles. The molecular formula is C17H20N2O3S. The van der Waals surface area contributed by atoms with E-state index in [0.29, 0.717) is 18.9 Å². The minimum Gasteiger partial charge on any atom is -0.447 e. The average Bonchev–Trinajstić information content (AvgIpc) is 3.00. The van der Waals surface area contributed by atoms with Gasteiger partial charge in [-0.25, -0.2) is 9.69 Å². The Kier molecular flexibility index (Phi) is 4.73. The van der Waals surface area contributed by atoms with E-state index in [1.54, 1.807) is 11.8 Å². The number of cyclic esters (lactones) is 1. The lowest BCUT2D eigenvalue weighted by Gasteiger charge is -2.34. The molecule has 1 aromatic rings. The van der Waals surface area contributed by atoms with E-state index in [1.165, 1.54) is 9.81 Å². The minimum atomic E-state index is -0.518. The Balaban J connectivity index is 1.84. The van der Waals surface area contributed by atoms with Crippen LogP contribution in [0.4, 0.5) is 4.79 Å². The van der Waals surface area contributed by atoms with E-state index in [2.05, 4.69) is 18.2 Å². The molecule has 1 saturated heterocycles. The van der Waals surface area contributed by atoms with Crippen LogP contribution in [0, 0.1) is 5.92 Å². The van der Waals surface area contributed by atoms with E-state index < -0.39 is 6.09 Å². The predicted octanol–water partition coefficient (Wildman–Crippen LogP) is 2.30. The van der Waals surface area contributed by atoms with Gasteiger partial charge in [0.15, 0.2) is 0 Å². The number of likely N-dealkylation sites (N-methyl/N-ethyl adjacent to an activating group) is 1. The summed E-state index contributed by atoms with van der Waals surface area (Å²) in [4.78, 5) is 28.8. The summed E-state index contributed by atoms with van der Waals surface area (Å²) in [6.45, 7) is 0.649. The summed E-state index contributed by atoms with van der Waals surface area (Å²) < 4.78 is 4.89. The van der Waals surface area contributed by atoms with Gasteiger partial charge in [0.1, 0.15) is 6.61 Å². The number of imide groups is 1. The molecule has 6 heteroatoms. The van der Waals surface area contributed by atoms with Gasteiger partial charge in [0.2, 0.25) is 5.91 Å². The zero-order valence-corrected chi connectivity index (χ0v) is 14.1. The van der Waals surface area contributed by atoms with Gasteiger partial charge in [-0.15, -0.1) is 11.8 Å². The number of thioether (sulfide) groups is 1. The molecule has 5 nitrogen and oxygen atoms in total. The molecule has 0 aromatic heterocycles. The fourth-order valence-electron chi connectivity index (χ4n) is 2.90. The van der Waals surface area contributed by atoms with Crippen LogP contribution in [0.25, 0.3) is 4.91 Å². The first-order chi connectivity index (χ1) is 11.1. The van der Waals surface area contributed by atoms with Gasteiger partial charge >= 0.3 is 6.09 Å². The molecule has 0 radical (unpaired) electrons. The standard InChI is InChI=1S/C17H20N2O3S/c1-18(2)14-10-15(12-6-4-3-5-7-12)23-11-13(14)16(20)19-8-9-22-17(19)21/h3-7,10,13-14H,8-9,11H2,1-2H3/t13-,14-/m1/s1. The SMILES string of the molecule is CN(C)[C@@H]1C=C(c2ccccc2)SC[C@H]1C(=O)N1CCOC1=O. The number of amides is 2. The van der Waals surface area contributed by atoms with Crippen LogP contribution in [0.5, 0.6) is 0 Å². The molecule has 0 aliphatic carbocycles. The smallest absolute Gasteiger partial charge is 0.416 e. The van der Waals surface area contributed by atoms with Crippen LogP contribution < -0.4 is 0 Å². The van der Waals surface area contributed by atoms with Crippen LogP contribution >= 0.6 is 11.8 Å². The van der Waals surface area contributed by atoms with Gasteiger partial charge in [-0.1, -0.05) is 36.4 Å². The molecule has 0 bridgehead atoms. The van der Waals surface area contributed by atoms with Crippen molar-refractivity contribution in [2.45, 2.75) is 6.04 Å². The van der Waals surface area contributed by atoms with Crippen molar-refractivity contribution in [3.05, 3.63) is 42.0 Å². The van der Waals surface area contributed by atoms with E-state index in [-0.39, 0.29) is 17.9 Å². The molecule has 1 fully saturated rings. The number of carbonyl (C=O) groups is 2. The van der Waals surface area contributed by atoms with Crippen LogP contribution in [0.1, 0.15) is 5.56 Å². The van der Waals surface area contributed by atoms with Crippen LogP contribution in [0.15, 0.2) is 36.4 Å². The molecular weight excluding hydrogens is 312 g/mol. The number of nitrogens with zero attached hydrogens (tertiary/aromatic N) is 2. The molecule has 2 aliphatic heterocycles. The van der Waals surface area contributed by atoms with Crippen molar-refractivity contribution in [2.75, 3.05) is 33.0 Å². The maximum atomic E-state index is 12.7. The van der Waals surface area contributed by atoms with Crippen molar-refractivity contribution >= 4 is 28.7 Å².